The summed E-state index contributed by atoms with van der Waals surface area (Å²) in [5.74, 6) is -1.01. The van der Waals surface area contributed by atoms with Crippen LogP contribution in [-0.2, 0) is 26.1 Å². The van der Waals surface area contributed by atoms with E-state index in [1.807, 2.05) is 18.4 Å². The molecule has 10 heteroatoms. The molecule has 1 fully saturated rings. The molecule has 4 rings (SSSR count). The van der Waals surface area contributed by atoms with Crippen molar-refractivity contribution < 1.29 is 22.3 Å². The van der Waals surface area contributed by atoms with E-state index in [-0.39, 0.29) is 11.4 Å². The lowest BCUT2D eigenvalue weighted by molar-refractivity contribution is -0.121. The van der Waals surface area contributed by atoms with Crippen LogP contribution in [0.1, 0.15) is 24.0 Å². The van der Waals surface area contributed by atoms with Crippen molar-refractivity contribution in [3.8, 4) is 0 Å². The second kappa shape index (κ2) is 9.46. The van der Waals surface area contributed by atoms with Crippen LogP contribution in [0.4, 0.5) is 4.39 Å². The van der Waals surface area contributed by atoms with Gasteiger partial charge in [-0.1, -0.05) is 17.4 Å². The molecule has 0 N–H and O–H groups in total. The highest BCUT2D eigenvalue weighted by Crippen LogP contribution is 2.28. The third kappa shape index (κ3) is 4.65. The number of hydrogen-bond donors (Lipinski definition) is 0. The summed E-state index contributed by atoms with van der Waals surface area (Å²) < 4.78 is 49.0. The number of aromatic nitrogens is 1. The van der Waals surface area contributed by atoms with Crippen LogP contribution in [0, 0.1) is 19.7 Å². The molecule has 1 aliphatic heterocycles. The summed E-state index contributed by atoms with van der Waals surface area (Å²) in [6.45, 7) is 5.23. The molecule has 1 aliphatic rings. The Balaban J connectivity index is 1.74. The summed E-state index contributed by atoms with van der Waals surface area (Å²) >= 11 is 1.41. The first-order valence-corrected chi connectivity index (χ1v) is 12.9. The molecule has 1 unspecified atom stereocenters. The zero-order valence-electron chi connectivity index (χ0n) is 18.7. The maximum absolute atomic E-state index is 13.3. The molecule has 176 valence electrons. The largest absolute Gasteiger partial charge is 0.383 e. The van der Waals surface area contributed by atoms with Crippen LogP contribution >= 0.6 is 11.3 Å². The van der Waals surface area contributed by atoms with E-state index in [0.29, 0.717) is 30.8 Å². The van der Waals surface area contributed by atoms with Gasteiger partial charge in [-0.2, -0.15) is 9.30 Å². The molecule has 0 saturated carbocycles. The van der Waals surface area contributed by atoms with E-state index in [9.17, 15) is 17.6 Å². The molecule has 33 heavy (non-hydrogen) atoms. The number of rotatable bonds is 6. The lowest BCUT2D eigenvalue weighted by Crippen LogP contribution is -2.40. The molecule has 3 aromatic rings. The minimum absolute atomic E-state index is 0.0354. The molecule has 0 aliphatic carbocycles. The monoisotopic (exact) mass is 491 g/mol. The van der Waals surface area contributed by atoms with Crippen molar-refractivity contribution in [2.24, 2.45) is 4.99 Å². The van der Waals surface area contributed by atoms with Gasteiger partial charge in [0.2, 0.25) is 10.0 Å². The normalized spacial score (nSPS) is 17.8. The molecule has 1 atom stereocenters. The van der Waals surface area contributed by atoms with Gasteiger partial charge in [-0.25, -0.2) is 12.8 Å². The molecule has 1 aromatic heterocycles. The average Bonchev–Trinajstić information content (AvgIpc) is 3.39. The predicted molar refractivity (Wildman–Crippen MR) is 125 cm³/mol. The third-order valence-electron chi connectivity index (χ3n) is 5.75. The minimum atomic E-state index is -3.94. The predicted octanol–water partition coefficient (Wildman–Crippen LogP) is 3.39. The van der Waals surface area contributed by atoms with E-state index < -0.39 is 27.8 Å². The number of hydrogen-bond acceptors (Lipinski definition) is 5. The summed E-state index contributed by atoms with van der Waals surface area (Å²) in [6.07, 6.45) is 0.949. The molecular formula is C23H26FN3O4S2. The first kappa shape index (κ1) is 23.7. The topological polar surface area (TPSA) is 81.0 Å². The second-order valence-electron chi connectivity index (χ2n) is 8.14. The number of nitrogens with zero attached hydrogens (tertiary/aromatic N) is 3. The number of ether oxygens (including phenoxy) is 1. The minimum Gasteiger partial charge on any atom is -0.383 e. The Morgan fingerprint density at radius 3 is 2.67 bits per heavy atom. The third-order valence-corrected chi connectivity index (χ3v) is 8.90. The molecule has 2 aromatic carbocycles. The van der Waals surface area contributed by atoms with E-state index in [2.05, 4.69) is 17.1 Å². The summed E-state index contributed by atoms with van der Waals surface area (Å²) in [6, 6.07) is 7.89. The molecule has 0 bridgehead atoms. The zero-order valence-corrected chi connectivity index (χ0v) is 20.4. The number of carbonyl (C=O) groups excluding carboxylic acids is 1. The number of methoxy groups -OCH3 is 1. The van der Waals surface area contributed by atoms with Gasteiger partial charge in [-0.15, -0.1) is 0 Å². The average molecular weight is 492 g/mol. The standard InChI is InChI=1S/C23H26FN3O4S2/c1-15-13-16(2)21-20(14-15)26(11-12-31-3)23(32-21)25-22(28)19-5-4-10-27(19)33(29,30)18-8-6-17(24)7-9-18/h6-9,13-14,19H,4-5,10-12H2,1-3H3. The first-order valence-electron chi connectivity index (χ1n) is 10.7. The number of amides is 1. The lowest BCUT2D eigenvalue weighted by Gasteiger charge is -2.21. The molecular weight excluding hydrogens is 465 g/mol. The van der Waals surface area contributed by atoms with E-state index in [1.165, 1.54) is 27.8 Å². The fourth-order valence-corrected chi connectivity index (χ4v) is 6.94. The summed E-state index contributed by atoms with van der Waals surface area (Å²) in [5, 5.41) is 0. The number of aryl methyl sites for hydroxylation is 2. The molecule has 0 radical (unpaired) electrons. The van der Waals surface area contributed by atoms with E-state index in [4.69, 9.17) is 4.74 Å². The van der Waals surface area contributed by atoms with Crippen LogP contribution in [-0.4, -0.2) is 49.5 Å². The van der Waals surface area contributed by atoms with Crippen molar-refractivity contribution in [3.63, 3.8) is 0 Å². The quantitative estimate of drug-likeness (QED) is 0.529. The Labute approximate surface area is 196 Å². The number of thiazole rings is 1. The van der Waals surface area contributed by atoms with Crippen molar-refractivity contribution >= 4 is 37.5 Å². The van der Waals surface area contributed by atoms with Crippen LogP contribution < -0.4 is 4.80 Å². The molecule has 1 amide bonds. The Morgan fingerprint density at radius 2 is 1.97 bits per heavy atom. The highest BCUT2D eigenvalue weighted by molar-refractivity contribution is 7.89. The summed E-state index contributed by atoms with van der Waals surface area (Å²) in [7, 11) is -2.33. The SMILES string of the molecule is COCCn1c(=NC(=O)C2CCCN2S(=O)(=O)c2ccc(F)cc2)sc2c(C)cc(C)cc21. The number of carbonyl (C=O) groups is 1. The van der Waals surface area contributed by atoms with Gasteiger partial charge in [0.15, 0.2) is 4.80 Å². The van der Waals surface area contributed by atoms with E-state index in [0.717, 1.165) is 33.5 Å². The van der Waals surface area contributed by atoms with Crippen molar-refractivity contribution in [3.05, 3.63) is 58.1 Å². The number of halogens is 1. The molecule has 1 saturated heterocycles. The Morgan fingerprint density at radius 1 is 1.24 bits per heavy atom. The fourth-order valence-electron chi connectivity index (χ4n) is 4.18. The highest BCUT2D eigenvalue weighted by atomic mass is 32.2. The Kier molecular flexibility index (Phi) is 6.81. The van der Waals surface area contributed by atoms with Gasteiger partial charge >= 0.3 is 0 Å². The van der Waals surface area contributed by atoms with Gasteiger partial charge in [0.05, 0.1) is 21.7 Å². The number of benzene rings is 2. The van der Waals surface area contributed by atoms with Crippen LogP contribution in [0.5, 0.6) is 0 Å². The lowest BCUT2D eigenvalue weighted by atomic mass is 10.1. The van der Waals surface area contributed by atoms with Gasteiger partial charge < -0.3 is 9.30 Å². The van der Waals surface area contributed by atoms with Crippen molar-refractivity contribution in [2.45, 2.75) is 44.2 Å². The second-order valence-corrected chi connectivity index (χ2v) is 11.0. The van der Waals surface area contributed by atoms with Crippen molar-refractivity contribution in [1.82, 2.24) is 8.87 Å². The van der Waals surface area contributed by atoms with Crippen LogP contribution in [0.15, 0.2) is 46.3 Å². The van der Waals surface area contributed by atoms with Gasteiger partial charge in [-0.3, -0.25) is 4.79 Å². The van der Waals surface area contributed by atoms with E-state index >= 15 is 0 Å². The van der Waals surface area contributed by atoms with Gasteiger partial charge in [0.25, 0.3) is 5.91 Å². The van der Waals surface area contributed by atoms with Crippen molar-refractivity contribution in [2.75, 3.05) is 20.3 Å². The summed E-state index contributed by atoms with van der Waals surface area (Å²) in [5.41, 5.74) is 3.17. The van der Waals surface area contributed by atoms with Gasteiger partial charge in [0.1, 0.15) is 11.9 Å². The van der Waals surface area contributed by atoms with Crippen LogP contribution in [0.2, 0.25) is 0 Å². The Bertz CT molecular complexity index is 1360. The first-order chi connectivity index (χ1) is 15.7. The maximum Gasteiger partial charge on any atom is 0.266 e. The van der Waals surface area contributed by atoms with Crippen LogP contribution in [0.3, 0.4) is 0 Å². The highest BCUT2D eigenvalue weighted by Gasteiger charge is 2.39. The molecule has 7 nitrogen and oxygen atoms in total. The Hall–Kier alpha value is -2.40. The van der Waals surface area contributed by atoms with E-state index in [1.54, 1.807) is 7.11 Å². The van der Waals surface area contributed by atoms with Gasteiger partial charge in [-0.05, 0) is 68.1 Å². The number of fused-ring (bicyclic) bond motifs is 1. The fraction of sp³-hybridized carbons (Fsp3) is 0.391. The molecule has 0 spiro atoms. The molecule has 2 heterocycles. The smallest absolute Gasteiger partial charge is 0.266 e. The maximum atomic E-state index is 13.3. The number of sulfonamides is 1. The van der Waals surface area contributed by atoms with Crippen LogP contribution in [0.25, 0.3) is 10.2 Å². The van der Waals surface area contributed by atoms with Gasteiger partial charge in [0, 0.05) is 20.2 Å². The van der Waals surface area contributed by atoms with Crippen molar-refractivity contribution in [1.29, 1.82) is 0 Å². The summed E-state index contributed by atoms with van der Waals surface area (Å²) in [4.78, 5) is 18.1. The zero-order chi connectivity index (χ0) is 23.8.